The number of Topliss-reactive ketones (excluding diaryl/α,β-unsaturated/α-hetero) is 1. The van der Waals surface area contributed by atoms with Gasteiger partial charge in [-0.2, -0.15) is 0 Å². The molecule has 1 aliphatic rings. The Morgan fingerprint density at radius 3 is 2.47 bits per heavy atom. The smallest absolute Gasteiger partial charge is 0.261 e. The van der Waals surface area contributed by atoms with E-state index >= 15 is 0 Å². The average molecular weight is 235 g/mol. The van der Waals surface area contributed by atoms with Gasteiger partial charge in [-0.25, -0.2) is 0 Å². The third kappa shape index (κ3) is 2.22. The van der Waals surface area contributed by atoms with E-state index in [1.807, 2.05) is 0 Å². The summed E-state index contributed by atoms with van der Waals surface area (Å²) in [5.41, 5.74) is -0.137. The Hall–Kier alpha value is -2.04. The first-order valence-corrected chi connectivity index (χ1v) is 5.41. The fourth-order valence-corrected chi connectivity index (χ4v) is 1.92. The van der Waals surface area contributed by atoms with Crippen molar-refractivity contribution in [3.05, 3.63) is 23.8 Å². The SMILES string of the molecule is O=C1CCCN(C(=O)c2c(O)cccc2O)C1. The van der Waals surface area contributed by atoms with E-state index in [1.54, 1.807) is 0 Å². The molecule has 5 nitrogen and oxygen atoms in total. The van der Waals surface area contributed by atoms with E-state index < -0.39 is 5.91 Å². The average Bonchev–Trinajstić information content (AvgIpc) is 2.28. The number of piperidine rings is 1. The zero-order chi connectivity index (χ0) is 12.4. The molecule has 1 aromatic rings. The lowest BCUT2D eigenvalue weighted by molar-refractivity contribution is -0.121. The van der Waals surface area contributed by atoms with Crippen LogP contribution in [0, 0.1) is 0 Å². The first-order chi connectivity index (χ1) is 8.09. The van der Waals surface area contributed by atoms with Crippen molar-refractivity contribution in [2.45, 2.75) is 12.8 Å². The molecule has 0 spiro atoms. The van der Waals surface area contributed by atoms with E-state index in [9.17, 15) is 19.8 Å². The van der Waals surface area contributed by atoms with E-state index in [2.05, 4.69) is 0 Å². The summed E-state index contributed by atoms with van der Waals surface area (Å²) in [6, 6.07) is 4.11. The number of phenols is 2. The molecule has 1 amide bonds. The zero-order valence-electron chi connectivity index (χ0n) is 9.22. The molecule has 2 rings (SSSR count). The normalized spacial score (nSPS) is 16.0. The number of carbonyl (C=O) groups is 2. The highest BCUT2D eigenvalue weighted by atomic mass is 16.3. The monoisotopic (exact) mass is 235 g/mol. The van der Waals surface area contributed by atoms with Gasteiger partial charge in [0.15, 0.2) is 5.78 Å². The van der Waals surface area contributed by atoms with Crippen LogP contribution in [-0.2, 0) is 4.79 Å². The number of nitrogens with zero attached hydrogens (tertiary/aromatic N) is 1. The van der Waals surface area contributed by atoms with Crippen molar-refractivity contribution in [3.8, 4) is 11.5 Å². The van der Waals surface area contributed by atoms with Gasteiger partial charge in [-0.3, -0.25) is 9.59 Å². The second kappa shape index (κ2) is 4.45. The highest BCUT2D eigenvalue weighted by Crippen LogP contribution is 2.28. The minimum Gasteiger partial charge on any atom is -0.507 e. The van der Waals surface area contributed by atoms with Crippen LogP contribution in [0.3, 0.4) is 0 Å². The summed E-state index contributed by atoms with van der Waals surface area (Å²) in [6.45, 7) is 0.519. The van der Waals surface area contributed by atoms with Crippen LogP contribution < -0.4 is 0 Å². The van der Waals surface area contributed by atoms with Crippen molar-refractivity contribution < 1.29 is 19.8 Å². The van der Waals surface area contributed by atoms with Gasteiger partial charge < -0.3 is 15.1 Å². The molecule has 0 bridgehead atoms. The molecular weight excluding hydrogens is 222 g/mol. The largest absolute Gasteiger partial charge is 0.507 e. The third-order valence-electron chi connectivity index (χ3n) is 2.77. The molecule has 0 aromatic heterocycles. The van der Waals surface area contributed by atoms with E-state index in [0.29, 0.717) is 19.4 Å². The number of amides is 1. The maximum absolute atomic E-state index is 12.0. The van der Waals surface area contributed by atoms with E-state index in [1.165, 1.54) is 23.1 Å². The van der Waals surface area contributed by atoms with E-state index in [0.717, 1.165) is 0 Å². The van der Waals surface area contributed by atoms with Crippen molar-refractivity contribution in [1.29, 1.82) is 0 Å². The first kappa shape index (κ1) is 11.4. The lowest BCUT2D eigenvalue weighted by atomic mass is 10.1. The number of ketones is 1. The predicted octanol–water partition coefficient (Wildman–Crippen LogP) is 0.903. The summed E-state index contributed by atoms with van der Waals surface area (Å²) in [6.07, 6.45) is 1.11. The second-order valence-electron chi connectivity index (χ2n) is 4.04. The molecule has 0 atom stereocenters. The van der Waals surface area contributed by atoms with Crippen molar-refractivity contribution in [1.82, 2.24) is 4.90 Å². The van der Waals surface area contributed by atoms with Crippen LogP contribution in [0.15, 0.2) is 18.2 Å². The second-order valence-corrected chi connectivity index (χ2v) is 4.04. The summed E-state index contributed by atoms with van der Waals surface area (Å²) in [5.74, 6) is -1.05. The molecule has 5 heteroatoms. The Morgan fingerprint density at radius 2 is 1.88 bits per heavy atom. The molecule has 1 fully saturated rings. The van der Waals surface area contributed by atoms with Crippen molar-refractivity contribution in [3.63, 3.8) is 0 Å². The van der Waals surface area contributed by atoms with Gasteiger partial charge >= 0.3 is 0 Å². The van der Waals surface area contributed by atoms with E-state index in [-0.39, 0.29) is 29.4 Å². The van der Waals surface area contributed by atoms with Crippen LogP contribution in [0.5, 0.6) is 11.5 Å². The van der Waals surface area contributed by atoms with Crippen molar-refractivity contribution in [2.75, 3.05) is 13.1 Å². The molecule has 1 saturated heterocycles. The predicted molar refractivity (Wildman–Crippen MR) is 59.9 cm³/mol. The lowest BCUT2D eigenvalue weighted by Crippen LogP contribution is -2.40. The maximum Gasteiger partial charge on any atom is 0.261 e. The molecule has 0 unspecified atom stereocenters. The van der Waals surface area contributed by atoms with Crippen LogP contribution in [-0.4, -0.2) is 39.9 Å². The zero-order valence-corrected chi connectivity index (χ0v) is 9.22. The molecular formula is C12H13NO4. The fraction of sp³-hybridized carbons (Fsp3) is 0.333. The fourth-order valence-electron chi connectivity index (χ4n) is 1.92. The number of rotatable bonds is 1. The van der Waals surface area contributed by atoms with Crippen LogP contribution in [0.4, 0.5) is 0 Å². The first-order valence-electron chi connectivity index (χ1n) is 5.41. The quantitative estimate of drug-likeness (QED) is 0.758. The summed E-state index contributed by atoms with van der Waals surface area (Å²) in [7, 11) is 0. The highest BCUT2D eigenvalue weighted by molar-refractivity contribution is 6.01. The minimum atomic E-state index is -0.506. The number of hydrogen-bond donors (Lipinski definition) is 2. The summed E-state index contributed by atoms with van der Waals surface area (Å²) in [5, 5.41) is 19.1. The summed E-state index contributed by atoms with van der Waals surface area (Å²) >= 11 is 0. The minimum absolute atomic E-state index is 0.000453. The molecule has 0 radical (unpaired) electrons. The lowest BCUT2D eigenvalue weighted by Gasteiger charge is -2.26. The van der Waals surface area contributed by atoms with Gasteiger partial charge in [0.1, 0.15) is 17.1 Å². The Kier molecular flexibility index (Phi) is 2.99. The summed E-state index contributed by atoms with van der Waals surface area (Å²) in [4.78, 5) is 24.6. The molecule has 1 aliphatic heterocycles. The standard InChI is InChI=1S/C12H13NO4/c14-8-3-2-6-13(7-8)12(17)11-9(15)4-1-5-10(11)16/h1,4-5,15-16H,2-3,6-7H2. The van der Waals surface area contributed by atoms with Gasteiger partial charge in [-0.1, -0.05) is 6.07 Å². The molecule has 17 heavy (non-hydrogen) atoms. The highest BCUT2D eigenvalue weighted by Gasteiger charge is 2.26. The number of carbonyl (C=O) groups excluding carboxylic acids is 2. The van der Waals surface area contributed by atoms with Gasteiger partial charge in [0.05, 0.1) is 6.54 Å². The molecule has 90 valence electrons. The number of hydrogen-bond acceptors (Lipinski definition) is 4. The topological polar surface area (TPSA) is 77.8 Å². The third-order valence-corrected chi connectivity index (χ3v) is 2.77. The Morgan fingerprint density at radius 1 is 1.24 bits per heavy atom. The van der Waals surface area contributed by atoms with E-state index in [4.69, 9.17) is 0 Å². The van der Waals surface area contributed by atoms with Gasteiger partial charge in [-0.15, -0.1) is 0 Å². The van der Waals surface area contributed by atoms with Gasteiger partial charge in [-0.05, 0) is 18.6 Å². The van der Waals surface area contributed by atoms with Crippen LogP contribution in [0.25, 0.3) is 0 Å². The number of benzene rings is 1. The maximum atomic E-state index is 12.0. The van der Waals surface area contributed by atoms with Crippen molar-refractivity contribution >= 4 is 11.7 Å². The molecule has 0 saturated carbocycles. The number of likely N-dealkylation sites (tertiary alicyclic amines) is 1. The van der Waals surface area contributed by atoms with Crippen molar-refractivity contribution in [2.24, 2.45) is 0 Å². The molecule has 1 aromatic carbocycles. The van der Waals surface area contributed by atoms with Crippen LogP contribution >= 0.6 is 0 Å². The van der Waals surface area contributed by atoms with Crippen LogP contribution in [0.2, 0.25) is 0 Å². The van der Waals surface area contributed by atoms with Crippen LogP contribution in [0.1, 0.15) is 23.2 Å². The molecule has 1 heterocycles. The Balaban J connectivity index is 2.27. The van der Waals surface area contributed by atoms with Gasteiger partial charge in [0.2, 0.25) is 0 Å². The Labute approximate surface area is 98.3 Å². The van der Waals surface area contributed by atoms with Gasteiger partial charge in [0, 0.05) is 13.0 Å². The molecule has 0 aliphatic carbocycles. The molecule has 2 N–H and O–H groups in total. The van der Waals surface area contributed by atoms with Gasteiger partial charge in [0.25, 0.3) is 5.91 Å². The number of phenolic OH excluding ortho intramolecular Hbond substituents is 2. The number of aromatic hydroxyl groups is 2. The summed E-state index contributed by atoms with van der Waals surface area (Å²) < 4.78 is 0. The Bertz CT molecular complexity index is 449.